The lowest BCUT2D eigenvalue weighted by atomic mass is 9.82. The first-order valence-electron chi connectivity index (χ1n) is 9.27. The molecule has 8 nitrogen and oxygen atoms in total. The number of hydrogen-bond donors (Lipinski definition) is 0. The van der Waals surface area contributed by atoms with Crippen LogP contribution in [0.4, 0.5) is 0 Å². The maximum absolute atomic E-state index is 12.8. The number of nitrogens with zero attached hydrogens (tertiary/aromatic N) is 3. The van der Waals surface area contributed by atoms with Gasteiger partial charge in [-0.2, -0.15) is 0 Å². The van der Waals surface area contributed by atoms with E-state index in [0.29, 0.717) is 31.1 Å². The van der Waals surface area contributed by atoms with Crippen LogP contribution in [0.3, 0.4) is 0 Å². The van der Waals surface area contributed by atoms with Gasteiger partial charge < -0.3 is 14.4 Å². The molecule has 4 rings (SSSR count). The molecule has 9 heteroatoms. The Hall–Kier alpha value is -1.71. The summed E-state index contributed by atoms with van der Waals surface area (Å²) in [6, 6.07) is 3.30. The molecular weight excluding hydrogens is 370 g/mol. The maximum atomic E-state index is 12.8. The van der Waals surface area contributed by atoms with Gasteiger partial charge in [0.05, 0.1) is 31.6 Å². The van der Waals surface area contributed by atoms with Crippen molar-refractivity contribution in [3.8, 4) is 5.88 Å². The zero-order chi connectivity index (χ0) is 19.1. The molecule has 27 heavy (non-hydrogen) atoms. The lowest BCUT2D eigenvalue weighted by Crippen LogP contribution is -2.69. The summed E-state index contributed by atoms with van der Waals surface area (Å²) in [6.45, 7) is 4.38. The highest BCUT2D eigenvalue weighted by molar-refractivity contribution is 7.93. The topological polar surface area (TPSA) is 89.0 Å². The number of hydrogen-bond acceptors (Lipinski definition) is 7. The van der Waals surface area contributed by atoms with E-state index in [9.17, 15) is 13.2 Å². The van der Waals surface area contributed by atoms with Crippen LogP contribution in [-0.2, 0) is 14.6 Å². The summed E-state index contributed by atoms with van der Waals surface area (Å²) < 4.78 is 35.2. The zero-order valence-corrected chi connectivity index (χ0v) is 16.3. The van der Waals surface area contributed by atoms with E-state index in [2.05, 4.69) is 9.88 Å². The van der Waals surface area contributed by atoms with Crippen molar-refractivity contribution in [2.24, 2.45) is 5.92 Å². The molecule has 1 spiro atoms. The first kappa shape index (κ1) is 18.6. The van der Waals surface area contributed by atoms with E-state index in [-0.39, 0.29) is 30.7 Å². The summed E-state index contributed by atoms with van der Waals surface area (Å²) in [5.74, 6) is 0.547. The molecule has 1 atom stereocenters. The number of aromatic nitrogens is 1. The van der Waals surface area contributed by atoms with E-state index in [1.807, 2.05) is 0 Å². The van der Waals surface area contributed by atoms with Gasteiger partial charge in [0.2, 0.25) is 5.88 Å². The molecule has 148 valence electrons. The second-order valence-electron chi connectivity index (χ2n) is 7.53. The van der Waals surface area contributed by atoms with Crippen LogP contribution in [0, 0.1) is 5.92 Å². The average Bonchev–Trinajstić information content (AvgIpc) is 2.91. The molecule has 1 aromatic heterocycles. The highest BCUT2D eigenvalue weighted by Gasteiger charge is 2.62. The fourth-order valence-corrected chi connectivity index (χ4v) is 6.79. The number of carbonyl (C=O) groups is 1. The minimum absolute atomic E-state index is 0.0682. The van der Waals surface area contributed by atoms with Crippen LogP contribution in [0.25, 0.3) is 0 Å². The summed E-state index contributed by atoms with van der Waals surface area (Å²) in [5.41, 5.74) is 0.450. The first-order chi connectivity index (χ1) is 12.9. The number of sulfone groups is 1. The predicted molar refractivity (Wildman–Crippen MR) is 98.6 cm³/mol. The fourth-order valence-electron chi connectivity index (χ4n) is 4.38. The van der Waals surface area contributed by atoms with E-state index >= 15 is 0 Å². The fraction of sp³-hybridized carbons (Fsp3) is 0.667. The minimum Gasteiger partial charge on any atom is -0.481 e. The van der Waals surface area contributed by atoms with Gasteiger partial charge in [-0.1, -0.05) is 0 Å². The summed E-state index contributed by atoms with van der Waals surface area (Å²) in [4.78, 5) is 20.7. The van der Waals surface area contributed by atoms with E-state index in [4.69, 9.17) is 9.47 Å². The standard InChI is InChI=1S/C18H25N3O5S/c1-25-16-3-2-14(10-19-16)17(22)21-12-18(13-21)15(4-9-27(18,23)24)11-20-5-7-26-8-6-20/h2-3,10,15H,4-9,11-13H2,1H3. The molecule has 0 radical (unpaired) electrons. The number of likely N-dealkylation sites (tertiary alicyclic amines) is 1. The second-order valence-corrected chi connectivity index (χ2v) is 9.98. The smallest absolute Gasteiger partial charge is 0.255 e. The van der Waals surface area contributed by atoms with Gasteiger partial charge in [0, 0.05) is 45.0 Å². The molecule has 3 aliphatic rings. The molecule has 1 unspecified atom stereocenters. The molecule has 3 saturated heterocycles. The molecule has 3 aliphatic heterocycles. The molecule has 0 saturated carbocycles. The lowest BCUT2D eigenvalue weighted by Gasteiger charge is -2.50. The minimum atomic E-state index is -3.20. The Kier molecular flexibility index (Phi) is 4.85. The average molecular weight is 395 g/mol. The monoisotopic (exact) mass is 395 g/mol. The first-order valence-corrected chi connectivity index (χ1v) is 10.9. The Morgan fingerprint density at radius 1 is 1.33 bits per heavy atom. The van der Waals surface area contributed by atoms with Crippen LogP contribution in [0.5, 0.6) is 5.88 Å². The molecule has 1 amide bonds. The van der Waals surface area contributed by atoms with E-state index in [1.165, 1.54) is 13.3 Å². The van der Waals surface area contributed by atoms with Crippen LogP contribution >= 0.6 is 0 Å². The summed E-state index contributed by atoms with van der Waals surface area (Å²) in [7, 11) is -1.68. The largest absolute Gasteiger partial charge is 0.481 e. The third-order valence-corrected chi connectivity index (χ3v) is 8.68. The van der Waals surface area contributed by atoms with Gasteiger partial charge in [0.1, 0.15) is 4.75 Å². The Balaban J connectivity index is 1.46. The van der Waals surface area contributed by atoms with E-state index < -0.39 is 14.6 Å². The Morgan fingerprint density at radius 2 is 2.07 bits per heavy atom. The van der Waals surface area contributed by atoms with Crippen molar-refractivity contribution in [2.75, 3.05) is 58.8 Å². The van der Waals surface area contributed by atoms with E-state index in [0.717, 1.165) is 19.6 Å². The lowest BCUT2D eigenvalue weighted by molar-refractivity contribution is 0.0140. The molecule has 3 fully saturated rings. The SMILES string of the molecule is COc1ccc(C(=O)N2CC3(C2)C(CN2CCOCC2)CCS3(=O)=O)cn1. The van der Waals surface area contributed by atoms with Crippen LogP contribution in [-0.4, -0.2) is 92.7 Å². The Morgan fingerprint density at radius 3 is 2.70 bits per heavy atom. The number of amides is 1. The third kappa shape index (κ3) is 3.21. The maximum Gasteiger partial charge on any atom is 0.255 e. The van der Waals surface area contributed by atoms with Gasteiger partial charge in [-0.25, -0.2) is 13.4 Å². The summed E-state index contributed by atoms with van der Waals surface area (Å²) >= 11 is 0. The summed E-state index contributed by atoms with van der Waals surface area (Å²) in [6.07, 6.45) is 2.15. The molecular formula is C18H25N3O5S. The van der Waals surface area contributed by atoms with Crippen molar-refractivity contribution in [1.82, 2.24) is 14.8 Å². The number of pyridine rings is 1. The molecule has 0 N–H and O–H groups in total. The van der Waals surface area contributed by atoms with Crippen LogP contribution in [0.15, 0.2) is 18.3 Å². The quantitative estimate of drug-likeness (QED) is 0.712. The summed E-state index contributed by atoms with van der Waals surface area (Å²) in [5, 5.41) is 0. The molecule has 0 bridgehead atoms. The Labute approximate surface area is 159 Å². The van der Waals surface area contributed by atoms with Crippen molar-refractivity contribution in [3.05, 3.63) is 23.9 Å². The number of morpholine rings is 1. The van der Waals surface area contributed by atoms with Crippen LogP contribution in [0.2, 0.25) is 0 Å². The predicted octanol–water partition coefficient (Wildman–Crippen LogP) is 0.0517. The van der Waals surface area contributed by atoms with Gasteiger partial charge in [-0.05, 0) is 18.4 Å². The van der Waals surface area contributed by atoms with Crippen molar-refractivity contribution in [3.63, 3.8) is 0 Å². The van der Waals surface area contributed by atoms with E-state index in [1.54, 1.807) is 17.0 Å². The number of ether oxygens (including phenoxy) is 2. The van der Waals surface area contributed by atoms with Crippen molar-refractivity contribution in [2.45, 2.75) is 11.2 Å². The van der Waals surface area contributed by atoms with Gasteiger partial charge in [-0.15, -0.1) is 0 Å². The van der Waals surface area contributed by atoms with Gasteiger partial charge in [0.15, 0.2) is 9.84 Å². The second kappa shape index (κ2) is 7.03. The molecule has 4 heterocycles. The molecule has 1 aromatic rings. The highest BCUT2D eigenvalue weighted by atomic mass is 32.2. The number of methoxy groups -OCH3 is 1. The Bertz CT molecular complexity index is 799. The molecule has 0 aromatic carbocycles. The van der Waals surface area contributed by atoms with Crippen LogP contribution in [0.1, 0.15) is 16.8 Å². The normalized spacial score (nSPS) is 26.7. The van der Waals surface area contributed by atoms with Gasteiger partial charge in [0.25, 0.3) is 5.91 Å². The van der Waals surface area contributed by atoms with Crippen molar-refractivity contribution >= 4 is 15.7 Å². The van der Waals surface area contributed by atoms with Crippen molar-refractivity contribution < 1.29 is 22.7 Å². The van der Waals surface area contributed by atoms with Crippen molar-refractivity contribution in [1.29, 1.82) is 0 Å². The molecule has 0 aliphatic carbocycles. The third-order valence-electron chi connectivity index (χ3n) is 6.08. The van der Waals surface area contributed by atoms with Crippen LogP contribution < -0.4 is 4.74 Å². The van der Waals surface area contributed by atoms with Gasteiger partial charge in [-0.3, -0.25) is 9.69 Å². The van der Waals surface area contributed by atoms with Gasteiger partial charge >= 0.3 is 0 Å². The zero-order valence-electron chi connectivity index (χ0n) is 15.5. The number of carbonyl (C=O) groups excluding carboxylic acids is 1. The number of rotatable bonds is 4. The highest BCUT2D eigenvalue weighted by Crippen LogP contribution is 2.45.